The highest BCUT2D eigenvalue weighted by Crippen LogP contribution is 2.13. The first-order valence-electron chi connectivity index (χ1n) is 5.84. The Labute approximate surface area is 106 Å². The standard InChI is InChI=1S/C14H19BrO/c1-2-3-4-8-14(16)10-9-12-6-5-7-13(15)11-12/h5-7,9-11,14,16H,2-4,8H2,1H3/b10-9-/t14-/m1/s1. The fourth-order valence-corrected chi connectivity index (χ4v) is 1.95. The summed E-state index contributed by atoms with van der Waals surface area (Å²) in [6, 6.07) is 8.05. The fourth-order valence-electron chi connectivity index (χ4n) is 1.53. The van der Waals surface area contributed by atoms with Crippen LogP contribution < -0.4 is 0 Å². The largest absolute Gasteiger partial charge is 0.389 e. The number of hydrogen-bond donors (Lipinski definition) is 1. The van der Waals surface area contributed by atoms with Gasteiger partial charge in [-0.2, -0.15) is 0 Å². The molecule has 0 aliphatic rings. The van der Waals surface area contributed by atoms with Crippen LogP contribution >= 0.6 is 15.9 Å². The van der Waals surface area contributed by atoms with Gasteiger partial charge in [0.25, 0.3) is 0 Å². The van der Waals surface area contributed by atoms with E-state index in [0.717, 1.165) is 22.9 Å². The van der Waals surface area contributed by atoms with E-state index in [1.165, 1.54) is 12.8 Å². The molecule has 0 aliphatic heterocycles. The first-order chi connectivity index (χ1) is 7.72. The van der Waals surface area contributed by atoms with Crippen molar-refractivity contribution >= 4 is 22.0 Å². The van der Waals surface area contributed by atoms with Gasteiger partial charge >= 0.3 is 0 Å². The molecule has 0 saturated heterocycles. The maximum atomic E-state index is 9.71. The van der Waals surface area contributed by atoms with E-state index in [2.05, 4.69) is 22.9 Å². The molecule has 0 spiro atoms. The Morgan fingerprint density at radius 2 is 2.19 bits per heavy atom. The zero-order valence-electron chi connectivity index (χ0n) is 9.70. The molecule has 0 amide bonds. The average Bonchev–Trinajstić information content (AvgIpc) is 2.27. The van der Waals surface area contributed by atoms with Gasteiger partial charge in [0.15, 0.2) is 0 Å². The van der Waals surface area contributed by atoms with Crippen molar-refractivity contribution in [2.45, 2.75) is 38.7 Å². The van der Waals surface area contributed by atoms with E-state index in [1.54, 1.807) is 0 Å². The summed E-state index contributed by atoms with van der Waals surface area (Å²) in [6.45, 7) is 2.17. The summed E-state index contributed by atoms with van der Waals surface area (Å²) in [7, 11) is 0. The van der Waals surface area contributed by atoms with E-state index < -0.39 is 0 Å². The SMILES string of the molecule is CCCCC[C@@H](O)/C=C\c1cccc(Br)c1. The highest BCUT2D eigenvalue weighted by molar-refractivity contribution is 9.10. The number of halogens is 1. The minimum atomic E-state index is -0.314. The van der Waals surface area contributed by atoms with Gasteiger partial charge in [0, 0.05) is 4.47 Å². The maximum Gasteiger partial charge on any atom is 0.0724 e. The Morgan fingerprint density at radius 1 is 1.38 bits per heavy atom. The summed E-state index contributed by atoms with van der Waals surface area (Å²) < 4.78 is 1.06. The lowest BCUT2D eigenvalue weighted by molar-refractivity contribution is 0.209. The summed E-state index contributed by atoms with van der Waals surface area (Å²) in [5.41, 5.74) is 1.11. The number of benzene rings is 1. The molecule has 0 fully saturated rings. The van der Waals surface area contributed by atoms with Crippen molar-refractivity contribution in [3.63, 3.8) is 0 Å². The van der Waals surface area contributed by atoms with Crippen LogP contribution in [0.5, 0.6) is 0 Å². The molecule has 2 heteroatoms. The van der Waals surface area contributed by atoms with Crippen LogP contribution in [-0.2, 0) is 0 Å². The predicted molar refractivity (Wildman–Crippen MR) is 73.3 cm³/mol. The summed E-state index contributed by atoms with van der Waals surface area (Å²) in [5, 5.41) is 9.71. The van der Waals surface area contributed by atoms with E-state index in [0.29, 0.717) is 0 Å². The molecule has 88 valence electrons. The van der Waals surface area contributed by atoms with Crippen molar-refractivity contribution in [2.75, 3.05) is 0 Å². The van der Waals surface area contributed by atoms with Crippen molar-refractivity contribution < 1.29 is 5.11 Å². The van der Waals surface area contributed by atoms with Crippen LogP contribution in [0.1, 0.15) is 38.2 Å². The summed E-state index contributed by atoms with van der Waals surface area (Å²) in [5.74, 6) is 0. The Kier molecular flexibility index (Phi) is 6.43. The van der Waals surface area contributed by atoms with Crippen molar-refractivity contribution in [2.24, 2.45) is 0 Å². The molecule has 0 aromatic heterocycles. The van der Waals surface area contributed by atoms with E-state index in [9.17, 15) is 5.11 Å². The molecule has 16 heavy (non-hydrogen) atoms. The second-order valence-corrected chi connectivity index (χ2v) is 4.89. The van der Waals surface area contributed by atoms with Crippen LogP contribution in [0.25, 0.3) is 6.08 Å². The second kappa shape index (κ2) is 7.64. The molecule has 0 heterocycles. The van der Waals surface area contributed by atoms with Crippen LogP contribution in [0.4, 0.5) is 0 Å². The van der Waals surface area contributed by atoms with Gasteiger partial charge in [-0.25, -0.2) is 0 Å². The van der Waals surface area contributed by atoms with Gasteiger partial charge in [0.2, 0.25) is 0 Å². The van der Waals surface area contributed by atoms with Crippen molar-refractivity contribution in [1.29, 1.82) is 0 Å². The number of aliphatic hydroxyl groups excluding tert-OH is 1. The van der Waals surface area contributed by atoms with Crippen LogP contribution in [0.3, 0.4) is 0 Å². The number of rotatable bonds is 6. The quantitative estimate of drug-likeness (QED) is 0.767. The predicted octanol–water partition coefficient (Wildman–Crippen LogP) is 4.40. The Hall–Kier alpha value is -0.600. The van der Waals surface area contributed by atoms with Gasteiger partial charge in [-0.05, 0) is 24.1 Å². The Balaban J connectivity index is 2.40. The van der Waals surface area contributed by atoms with E-state index in [1.807, 2.05) is 36.4 Å². The third kappa shape index (κ3) is 5.47. The summed E-state index contributed by atoms with van der Waals surface area (Å²) in [4.78, 5) is 0. The van der Waals surface area contributed by atoms with Crippen molar-refractivity contribution in [3.05, 3.63) is 40.4 Å². The highest BCUT2D eigenvalue weighted by atomic mass is 79.9. The summed E-state index contributed by atoms with van der Waals surface area (Å²) >= 11 is 3.42. The van der Waals surface area contributed by atoms with Gasteiger partial charge in [0.1, 0.15) is 0 Å². The second-order valence-electron chi connectivity index (χ2n) is 3.98. The molecule has 1 nitrogen and oxygen atoms in total. The molecular formula is C14H19BrO. The van der Waals surface area contributed by atoms with E-state index >= 15 is 0 Å². The number of hydrogen-bond acceptors (Lipinski definition) is 1. The van der Waals surface area contributed by atoms with E-state index in [-0.39, 0.29) is 6.10 Å². The first-order valence-corrected chi connectivity index (χ1v) is 6.63. The van der Waals surface area contributed by atoms with Crippen LogP contribution in [0.2, 0.25) is 0 Å². The van der Waals surface area contributed by atoms with Crippen molar-refractivity contribution in [3.8, 4) is 0 Å². The lowest BCUT2D eigenvalue weighted by Crippen LogP contribution is -2.00. The molecule has 0 radical (unpaired) electrons. The van der Waals surface area contributed by atoms with Gasteiger partial charge in [-0.3, -0.25) is 0 Å². The molecule has 0 aliphatic carbocycles. The normalized spacial score (nSPS) is 13.2. The molecule has 1 aromatic carbocycles. The lowest BCUT2D eigenvalue weighted by Gasteiger charge is -2.04. The molecule has 1 rings (SSSR count). The zero-order chi connectivity index (χ0) is 11.8. The van der Waals surface area contributed by atoms with Crippen LogP contribution in [0, 0.1) is 0 Å². The lowest BCUT2D eigenvalue weighted by atomic mass is 10.1. The van der Waals surface area contributed by atoms with Crippen LogP contribution in [0.15, 0.2) is 34.8 Å². The fraction of sp³-hybridized carbons (Fsp3) is 0.429. The molecule has 1 N–H and O–H groups in total. The molecule has 0 saturated carbocycles. The highest BCUT2D eigenvalue weighted by Gasteiger charge is 1.98. The maximum absolute atomic E-state index is 9.71. The zero-order valence-corrected chi connectivity index (χ0v) is 11.3. The first kappa shape index (κ1) is 13.5. The number of aliphatic hydroxyl groups is 1. The molecule has 0 unspecified atom stereocenters. The third-order valence-corrected chi connectivity index (χ3v) is 2.96. The van der Waals surface area contributed by atoms with Gasteiger partial charge < -0.3 is 5.11 Å². The monoisotopic (exact) mass is 282 g/mol. The van der Waals surface area contributed by atoms with Gasteiger partial charge in [0.05, 0.1) is 6.10 Å². The van der Waals surface area contributed by atoms with E-state index in [4.69, 9.17) is 0 Å². The molecular weight excluding hydrogens is 264 g/mol. The van der Waals surface area contributed by atoms with Crippen LogP contribution in [-0.4, -0.2) is 11.2 Å². The molecule has 1 atom stereocenters. The van der Waals surface area contributed by atoms with Crippen molar-refractivity contribution in [1.82, 2.24) is 0 Å². The summed E-state index contributed by atoms with van der Waals surface area (Å²) in [6.07, 6.45) is 7.88. The topological polar surface area (TPSA) is 20.2 Å². The number of unbranched alkanes of at least 4 members (excludes halogenated alkanes) is 2. The minimum Gasteiger partial charge on any atom is -0.389 e. The molecule has 1 aromatic rings. The van der Waals surface area contributed by atoms with Gasteiger partial charge in [-0.15, -0.1) is 0 Å². The molecule has 0 bridgehead atoms. The average molecular weight is 283 g/mol. The van der Waals surface area contributed by atoms with Gasteiger partial charge in [-0.1, -0.05) is 66.4 Å². The smallest absolute Gasteiger partial charge is 0.0724 e. The Morgan fingerprint density at radius 3 is 2.88 bits per heavy atom. The third-order valence-electron chi connectivity index (χ3n) is 2.46. The minimum absolute atomic E-state index is 0.314. The Bertz CT molecular complexity index is 333.